The molecule has 220 valence electrons. The summed E-state index contributed by atoms with van der Waals surface area (Å²) in [7, 11) is 0. The van der Waals surface area contributed by atoms with Crippen LogP contribution in [0.3, 0.4) is 0 Å². The largest absolute Gasteiger partial charge is 0.379 e. The summed E-state index contributed by atoms with van der Waals surface area (Å²) >= 11 is 0. The summed E-state index contributed by atoms with van der Waals surface area (Å²) in [5.74, 6) is 0.00357. The van der Waals surface area contributed by atoms with Gasteiger partial charge in [-0.05, 0) is 61.1 Å². The molecule has 0 bridgehead atoms. The van der Waals surface area contributed by atoms with E-state index in [1.165, 1.54) is 29.8 Å². The van der Waals surface area contributed by atoms with E-state index in [2.05, 4.69) is 44.7 Å². The van der Waals surface area contributed by atoms with Crippen LogP contribution < -0.4 is 15.5 Å². The number of piperidine rings is 1. The highest BCUT2D eigenvalue weighted by Crippen LogP contribution is 2.30. The van der Waals surface area contributed by atoms with Crippen molar-refractivity contribution in [3.05, 3.63) is 99.6 Å². The number of amides is 2. The standard InChI is InChI=1S/C32H37N5O5/c38-31(26-6-9-28(10-7-26)37(40)41)34-27-8-11-30(29(23-27)32(39)33-14-17-35-18-20-42-21-19-35)36-15-12-25(13-16-36)22-24-4-2-1-3-5-24/h1-11,23,25H,12-22H2,(H,33,39)(H,34,38). The van der Waals surface area contributed by atoms with Gasteiger partial charge in [0.25, 0.3) is 17.5 Å². The topological polar surface area (TPSA) is 117 Å². The lowest BCUT2D eigenvalue weighted by atomic mass is 9.89. The molecular weight excluding hydrogens is 534 g/mol. The molecule has 42 heavy (non-hydrogen) atoms. The van der Waals surface area contributed by atoms with Crippen LogP contribution in [0.5, 0.6) is 0 Å². The van der Waals surface area contributed by atoms with E-state index in [-0.39, 0.29) is 11.6 Å². The molecule has 2 N–H and O–H groups in total. The van der Waals surface area contributed by atoms with Crippen molar-refractivity contribution < 1.29 is 19.2 Å². The van der Waals surface area contributed by atoms with Gasteiger partial charge in [0.1, 0.15) is 0 Å². The van der Waals surface area contributed by atoms with Gasteiger partial charge in [0.2, 0.25) is 0 Å². The van der Waals surface area contributed by atoms with Gasteiger partial charge in [0.15, 0.2) is 0 Å². The lowest BCUT2D eigenvalue weighted by Crippen LogP contribution is -2.41. The Labute approximate surface area is 245 Å². The third-order valence-corrected chi connectivity index (χ3v) is 7.98. The van der Waals surface area contributed by atoms with Crippen LogP contribution in [0.4, 0.5) is 17.1 Å². The van der Waals surface area contributed by atoms with Crippen molar-refractivity contribution in [1.82, 2.24) is 10.2 Å². The highest BCUT2D eigenvalue weighted by molar-refractivity contribution is 6.06. The monoisotopic (exact) mass is 571 g/mol. The zero-order valence-electron chi connectivity index (χ0n) is 23.7. The number of non-ortho nitro benzene ring substituents is 1. The molecule has 0 aliphatic carbocycles. The molecule has 2 aliphatic heterocycles. The van der Waals surface area contributed by atoms with Crippen LogP contribution in [-0.4, -0.2) is 74.1 Å². The van der Waals surface area contributed by atoms with Crippen molar-refractivity contribution in [2.45, 2.75) is 19.3 Å². The smallest absolute Gasteiger partial charge is 0.269 e. The third-order valence-electron chi connectivity index (χ3n) is 7.98. The Hall–Kier alpha value is -4.28. The van der Waals surface area contributed by atoms with E-state index < -0.39 is 10.8 Å². The molecular formula is C32H37N5O5. The number of hydrogen-bond donors (Lipinski definition) is 2. The predicted molar refractivity (Wildman–Crippen MR) is 162 cm³/mol. The predicted octanol–water partition coefficient (Wildman–Crippen LogP) is 4.37. The first kappa shape index (κ1) is 29.2. The summed E-state index contributed by atoms with van der Waals surface area (Å²) in [4.78, 5) is 41.4. The number of anilines is 2. The number of hydrogen-bond acceptors (Lipinski definition) is 7. The molecule has 3 aromatic carbocycles. The number of carbonyl (C=O) groups excluding carboxylic acids is 2. The van der Waals surface area contributed by atoms with Crippen LogP contribution in [0.25, 0.3) is 0 Å². The SMILES string of the molecule is O=C(Nc1ccc(N2CCC(Cc3ccccc3)CC2)c(C(=O)NCCN2CCOCC2)c1)c1ccc([N+](=O)[O-])cc1. The van der Waals surface area contributed by atoms with Crippen molar-refractivity contribution in [2.24, 2.45) is 5.92 Å². The van der Waals surface area contributed by atoms with Crippen LogP contribution in [0.1, 0.15) is 39.1 Å². The van der Waals surface area contributed by atoms with Gasteiger partial charge in [0.05, 0.1) is 23.7 Å². The third kappa shape index (κ3) is 7.71. The van der Waals surface area contributed by atoms with Gasteiger partial charge in [-0.1, -0.05) is 30.3 Å². The fourth-order valence-electron chi connectivity index (χ4n) is 5.58. The Bertz CT molecular complexity index is 1370. The normalized spacial score (nSPS) is 16.1. The average molecular weight is 572 g/mol. The van der Waals surface area contributed by atoms with Crippen molar-refractivity contribution >= 4 is 28.9 Å². The van der Waals surface area contributed by atoms with Crippen molar-refractivity contribution in [3.8, 4) is 0 Å². The number of ether oxygens (including phenoxy) is 1. The second-order valence-corrected chi connectivity index (χ2v) is 10.8. The van der Waals surface area contributed by atoms with Crippen molar-refractivity contribution in [3.63, 3.8) is 0 Å². The van der Waals surface area contributed by atoms with Crippen LogP contribution in [0, 0.1) is 16.0 Å². The Balaban J connectivity index is 1.28. The zero-order valence-corrected chi connectivity index (χ0v) is 23.7. The molecule has 0 saturated carbocycles. The van der Waals surface area contributed by atoms with Crippen LogP contribution in [0.15, 0.2) is 72.8 Å². The first-order valence-electron chi connectivity index (χ1n) is 14.5. The van der Waals surface area contributed by atoms with E-state index in [0.29, 0.717) is 42.5 Å². The maximum Gasteiger partial charge on any atom is 0.269 e. The van der Waals surface area contributed by atoms with Crippen molar-refractivity contribution in [1.29, 1.82) is 0 Å². The molecule has 0 unspecified atom stereocenters. The lowest BCUT2D eigenvalue weighted by Gasteiger charge is -2.35. The molecule has 10 heteroatoms. The molecule has 0 spiro atoms. The summed E-state index contributed by atoms with van der Waals surface area (Å²) < 4.78 is 5.41. The molecule has 0 atom stereocenters. The second kappa shape index (κ2) is 14.1. The van der Waals surface area contributed by atoms with Crippen molar-refractivity contribution in [2.75, 3.05) is 62.7 Å². The zero-order chi connectivity index (χ0) is 29.3. The molecule has 2 fully saturated rings. The van der Waals surface area contributed by atoms with Crippen LogP contribution in [-0.2, 0) is 11.2 Å². The molecule has 10 nitrogen and oxygen atoms in total. The van der Waals surface area contributed by atoms with E-state index in [1.54, 1.807) is 12.1 Å². The number of nitrogens with zero attached hydrogens (tertiary/aromatic N) is 3. The lowest BCUT2D eigenvalue weighted by molar-refractivity contribution is -0.384. The first-order valence-corrected chi connectivity index (χ1v) is 14.5. The van der Waals surface area contributed by atoms with E-state index in [9.17, 15) is 19.7 Å². The van der Waals surface area contributed by atoms with Gasteiger partial charge in [-0.25, -0.2) is 0 Å². The summed E-state index contributed by atoms with van der Waals surface area (Å²) in [5, 5.41) is 16.9. The Morgan fingerprint density at radius 1 is 0.905 bits per heavy atom. The molecule has 3 aromatic rings. The van der Waals surface area contributed by atoms with Gasteiger partial charge >= 0.3 is 0 Å². The number of nitro groups is 1. The number of rotatable bonds is 10. The van der Waals surface area contributed by atoms with Gasteiger partial charge in [-0.3, -0.25) is 24.6 Å². The van der Waals surface area contributed by atoms with E-state index in [0.717, 1.165) is 57.7 Å². The summed E-state index contributed by atoms with van der Waals surface area (Å²) in [6.45, 7) is 6.05. The van der Waals surface area contributed by atoms with E-state index >= 15 is 0 Å². The number of morpholine rings is 1. The van der Waals surface area contributed by atoms with Crippen LogP contribution >= 0.6 is 0 Å². The molecule has 5 rings (SSSR count). The van der Waals surface area contributed by atoms with Gasteiger partial charge in [-0.15, -0.1) is 0 Å². The molecule has 0 radical (unpaired) electrons. The van der Waals surface area contributed by atoms with E-state index in [4.69, 9.17) is 4.74 Å². The minimum atomic E-state index is -0.505. The maximum absolute atomic E-state index is 13.5. The van der Waals surface area contributed by atoms with Gasteiger partial charge in [-0.2, -0.15) is 0 Å². The van der Waals surface area contributed by atoms with E-state index in [1.807, 2.05) is 12.1 Å². The minimum Gasteiger partial charge on any atom is -0.379 e. The molecule has 0 aromatic heterocycles. The maximum atomic E-state index is 13.5. The highest BCUT2D eigenvalue weighted by Gasteiger charge is 2.24. The fourth-order valence-corrected chi connectivity index (χ4v) is 5.58. The summed E-state index contributed by atoms with van der Waals surface area (Å²) in [6.07, 6.45) is 3.12. The van der Waals surface area contributed by atoms with Gasteiger partial charge < -0.3 is 20.3 Å². The quantitative estimate of drug-likeness (QED) is 0.274. The molecule has 2 amide bonds. The fraction of sp³-hybridized carbons (Fsp3) is 0.375. The van der Waals surface area contributed by atoms with Gasteiger partial charge in [0, 0.05) is 68.3 Å². The Kier molecular flexibility index (Phi) is 9.78. The number of nitro benzene ring substituents is 1. The second-order valence-electron chi connectivity index (χ2n) is 10.8. The Morgan fingerprint density at radius 3 is 2.31 bits per heavy atom. The number of nitrogens with one attached hydrogen (secondary N) is 2. The molecule has 2 heterocycles. The number of carbonyl (C=O) groups is 2. The summed E-state index contributed by atoms with van der Waals surface area (Å²) in [5.41, 5.74) is 3.41. The Morgan fingerprint density at radius 2 is 1.62 bits per heavy atom. The number of benzene rings is 3. The molecule has 2 aliphatic rings. The first-order chi connectivity index (χ1) is 20.5. The minimum absolute atomic E-state index is 0.0838. The average Bonchev–Trinajstić information content (AvgIpc) is 3.02. The van der Waals surface area contributed by atoms with Crippen LogP contribution in [0.2, 0.25) is 0 Å². The summed E-state index contributed by atoms with van der Waals surface area (Å²) in [6, 6.07) is 21.4. The molecule has 2 saturated heterocycles. The highest BCUT2D eigenvalue weighted by atomic mass is 16.6.